The van der Waals surface area contributed by atoms with E-state index in [2.05, 4.69) is 15.8 Å². The minimum absolute atomic E-state index is 0.165. The molecule has 2 aromatic carbocycles. The third-order valence-corrected chi connectivity index (χ3v) is 4.32. The van der Waals surface area contributed by atoms with E-state index < -0.39 is 6.04 Å². The number of benzene rings is 2. The third-order valence-electron chi connectivity index (χ3n) is 4.32. The van der Waals surface area contributed by atoms with Crippen LogP contribution in [0.2, 0.25) is 0 Å². The lowest BCUT2D eigenvalue weighted by atomic mass is 10.0. The molecule has 2 aromatic rings. The van der Waals surface area contributed by atoms with Gasteiger partial charge in [0.15, 0.2) is 6.61 Å². The van der Waals surface area contributed by atoms with Crippen molar-refractivity contribution >= 4 is 18.0 Å². The lowest BCUT2D eigenvalue weighted by Crippen LogP contribution is -2.47. The number of amides is 2. The standard InChI is InChI=1S/C23H29N3O4/c1-16(2)13-20(25-22(27)15-30-21-8-6-5-7-17(21)3)23(28)26-24-14-18-9-11-19(29-4)12-10-18/h5-12,14,16,20H,13,15H2,1-4H3,(H,25,27)(H,26,28)/b24-14-/t20-/m0/s1. The summed E-state index contributed by atoms with van der Waals surface area (Å²) in [6.07, 6.45) is 2.02. The van der Waals surface area contributed by atoms with Gasteiger partial charge in [-0.15, -0.1) is 0 Å². The molecule has 0 saturated heterocycles. The molecule has 0 aliphatic carbocycles. The van der Waals surface area contributed by atoms with E-state index in [-0.39, 0.29) is 24.3 Å². The second-order valence-corrected chi connectivity index (χ2v) is 7.31. The Kier molecular flexibility index (Phi) is 8.87. The maximum absolute atomic E-state index is 12.5. The number of nitrogens with one attached hydrogen (secondary N) is 2. The molecule has 1 atom stereocenters. The molecule has 2 N–H and O–H groups in total. The number of hydrazone groups is 1. The largest absolute Gasteiger partial charge is 0.497 e. The molecule has 160 valence electrons. The summed E-state index contributed by atoms with van der Waals surface area (Å²) < 4.78 is 10.7. The van der Waals surface area contributed by atoms with Gasteiger partial charge in [-0.3, -0.25) is 9.59 Å². The van der Waals surface area contributed by atoms with Crippen molar-refractivity contribution in [1.29, 1.82) is 0 Å². The molecule has 0 heterocycles. The highest BCUT2D eigenvalue weighted by Gasteiger charge is 2.22. The number of ether oxygens (including phenoxy) is 2. The zero-order chi connectivity index (χ0) is 21.9. The smallest absolute Gasteiger partial charge is 0.262 e. The Bertz CT molecular complexity index is 863. The lowest BCUT2D eigenvalue weighted by molar-refractivity contribution is -0.130. The van der Waals surface area contributed by atoms with Gasteiger partial charge >= 0.3 is 0 Å². The van der Waals surface area contributed by atoms with Crippen molar-refractivity contribution in [2.24, 2.45) is 11.0 Å². The summed E-state index contributed by atoms with van der Waals surface area (Å²) in [6, 6.07) is 14.0. The van der Waals surface area contributed by atoms with Crippen LogP contribution in [0.5, 0.6) is 11.5 Å². The molecule has 7 heteroatoms. The number of carbonyl (C=O) groups is 2. The van der Waals surface area contributed by atoms with E-state index in [0.29, 0.717) is 12.2 Å². The molecule has 0 fully saturated rings. The quantitative estimate of drug-likeness (QED) is 0.465. The Balaban J connectivity index is 1.91. The normalized spacial score (nSPS) is 11.9. The average molecular weight is 412 g/mol. The van der Waals surface area contributed by atoms with Crippen molar-refractivity contribution in [3.05, 3.63) is 59.7 Å². The fourth-order valence-electron chi connectivity index (χ4n) is 2.74. The topological polar surface area (TPSA) is 89.0 Å². The van der Waals surface area contributed by atoms with Gasteiger partial charge in [0.05, 0.1) is 13.3 Å². The Morgan fingerprint density at radius 2 is 1.80 bits per heavy atom. The SMILES string of the molecule is COc1ccc(/C=N\NC(=O)[C@H](CC(C)C)NC(=O)COc2ccccc2C)cc1. The molecule has 0 aliphatic heterocycles. The van der Waals surface area contributed by atoms with Crippen LogP contribution in [-0.2, 0) is 9.59 Å². The number of aryl methyl sites for hydroxylation is 1. The Hall–Kier alpha value is -3.35. The van der Waals surface area contributed by atoms with Crippen LogP contribution in [-0.4, -0.2) is 37.8 Å². The zero-order valence-electron chi connectivity index (χ0n) is 17.8. The highest BCUT2D eigenvalue weighted by molar-refractivity contribution is 5.89. The average Bonchev–Trinajstić information content (AvgIpc) is 2.72. The van der Waals surface area contributed by atoms with Gasteiger partial charge in [-0.2, -0.15) is 5.10 Å². The lowest BCUT2D eigenvalue weighted by Gasteiger charge is -2.19. The van der Waals surface area contributed by atoms with Gasteiger partial charge in [-0.25, -0.2) is 5.43 Å². The van der Waals surface area contributed by atoms with Gasteiger partial charge < -0.3 is 14.8 Å². The molecule has 0 radical (unpaired) electrons. The maximum Gasteiger partial charge on any atom is 0.262 e. The van der Waals surface area contributed by atoms with E-state index in [4.69, 9.17) is 9.47 Å². The minimum atomic E-state index is -0.703. The van der Waals surface area contributed by atoms with Crippen LogP contribution in [0.1, 0.15) is 31.4 Å². The Labute approximate surface area is 177 Å². The van der Waals surface area contributed by atoms with E-state index >= 15 is 0 Å². The first-order valence-electron chi connectivity index (χ1n) is 9.83. The van der Waals surface area contributed by atoms with Crippen LogP contribution in [0.25, 0.3) is 0 Å². The molecule has 30 heavy (non-hydrogen) atoms. The van der Waals surface area contributed by atoms with Gasteiger partial charge in [0, 0.05) is 0 Å². The molecule has 7 nitrogen and oxygen atoms in total. The summed E-state index contributed by atoms with van der Waals surface area (Å²) in [5, 5.41) is 6.72. The first-order valence-corrected chi connectivity index (χ1v) is 9.83. The van der Waals surface area contributed by atoms with Gasteiger partial charge in [-0.1, -0.05) is 32.0 Å². The van der Waals surface area contributed by atoms with Gasteiger partial charge in [0.25, 0.3) is 11.8 Å². The second-order valence-electron chi connectivity index (χ2n) is 7.31. The predicted molar refractivity (Wildman–Crippen MR) is 117 cm³/mol. The van der Waals surface area contributed by atoms with Crippen LogP contribution >= 0.6 is 0 Å². The summed E-state index contributed by atoms with van der Waals surface area (Å²) >= 11 is 0. The minimum Gasteiger partial charge on any atom is -0.497 e. The fourth-order valence-corrected chi connectivity index (χ4v) is 2.74. The van der Waals surface area contributed by atoms with Crippen molar-refractivity contribution in [3.63, 3.8) is 0 Å². The van der Waals surface area contributed by atoms with Crippen molar-refractivity contribution in [3.8, 4) is 11.5 Å². The molecule has 2 rings (SSSR count). The van der Waals surface area contributed by atoms with Gasteiger partial charge in [0.2, 0.25) is 0 Å². The van der Waals surface area contributed by atoms with Crippen molar-refractivity contribution in [2.45, 2.75) is 33.2 Å². The molecule has 0 aromatic heterocycles. The van der Waals surface area contributed by atoms with E-state index in [1.54, 1.807) is 25.3 Å². The summed E-state index contributed by atoms with van der Waals surface area (Å²) in [5.41, 5.74) is 4.25. The maximum atomic E-state index is 12.5. The second kappa shape index (κ2) is 11.6. The van der Waals surface area contributed by atoms with Gasteiger partial charge in [0.1, 0.15) is 17.5 Å². The summed E-state index contributed by atoms with van der Waals surface area (Å²) in [4.78, 5) is 24.8. The van der Waals surface area contributed by atoms with E-state index in [0.717, 1.165) is 16.9 Å². The van der Waals surface area contributed by atoms with E-state index in [1.165, 1.54) is 6.21 Å². The Morgan fingerprint density at radius 1 is 1.10 bits per heavy atom. The molecule has 0 saturated carbocycles. The van der Waals surface area contributed by atoms with Crippen molar-refractivity contribution < 1.29 is 19.1 Å². The first-order chi connectivity index (χ1) is 14.4. The van der Waals surface area contributed by atoms with Crippen LogP contribution in [0, 0.1) is 12.8 Å². The molecule has 0 aliphatic rings. The van der Waals surface area contributed by atoms with Crippen LogP contribution in [0.15, 0.2) is 53.6 Å². The highest BCUT2D eigenvalue weighted by Crippen LogP contribution is 2.16. The molecule has 0 spiro atoms. The van der Waals surface area contributed by atoms with Crippen LogP contribution < -0.4 is 20.2 Å². The highest BCUT2D eigenvalue weighted by atomic mass is 16.5. The number of rotatable bonds is 10. The number of hydrogen-bond donors (Lipinski definition) is 2. The summed E-state index contributed by atoms with van der Waals surface area (Å²) in [7, 11) is 1.60. The number of methoxy groups -OCH3 is 1. The van der Waals surface area contributed by atoms with Crippen LogP contribution in [0.4, 0.5) is 0 Å². The predicted octanol–water partition coefficient (Wildman–Crippen LogP) is 3.06. The number of nitrogens with zero attached hydrogens (tertiary/aromatic N) is 1. The monoisotopic (exact) mass is 411 g/mol. The van der Waals surface area contributed by atoms with E-state index in [9.17, 15) is 9.59 Å². The number of hydrogen-bond acceptors (Lipinski definition) is 5. The third kappa shape index (κ3) is 7.58. The summed E-state index contributed by atoms with van der Waals surface area (Å²) in [5.74, 6) is 0.852. The van der Waals surface area contributed by atoms with Gasteiger partial charge in [-0.05, 0) is 60.7 Å². The molecule has 0 unspecified atom stereocenters. The molecule has 2 amide bonds. The zero-order valence-corrected chi connectivity index (χ0v) is 17.8. The fraction of sp³-hybridized carbons (Fsp3) is 0.348. The van der Waals surface area contributed by atoms with Crippen LogP contribution in [0.3, 0.4) is 0 Å². The first kappa shape index (κ1) is 22.9. The molecular formula is C23H29N3O4. The number of para-hydroxylation sites is 1. The molecule has 0 bridgehead atoms. The number of carbonyl (C=O) groups excluding carboxylic acids is 2. The Morgan fingerprint density at radius 3 is 2.43 bits per heavy atom. The molecular weight excluding hydrogens is 382 g/mol. The van der Waals surface area contributed by atoms with Crippen molar-refractivity contribution in [1.82, 2.24) is 10.7 Å². The summed E-state index contributed by atoms with van der Waals surface area (Å²) in [6.45, 7) is 5.71. The van der Waals surface area contributed by atoms with Crippen molar-refractivity contribution in [2.75, 3.05) is 13.7 Å². The van der Waals surface area contributed by atoms with E-state index in [1.807, 2.05) is 51.1 Å².